The third kappa shape index (κ3) is 2.65. The minimum absolute atomic E-state index is 0.000873. The van der Waals surface area contributed by atoms with Gasteiger partial charge in [0, 0.05) is 29.1 Å². The Morgan fingerprint density at radius 2 is 1.33 bits per heavy atom. The van der Waals surface area contributed by atoms with Crippen molar-refractivity contribution in [2.24, 2.45) is 7.05 Å². The van der Waals surface area contributed by atoms with E-state index in [2.05, 4.69) is 0 Å². The maximum absolute atomic E-state index is 11.3. The molecule has 0 aliphatic rings. The molecule has 0 aliphatic carbocycles. The number of non-ortho nitro benzene ring substituents is 2. The number of hydrogen-bond acceptors (Lipinski definition) is 4. The van der Waals surface area contributed by atoms with E-state index in [1.807, 2.05) is 41.9 Å². The van der Waals surface area contributed by atoms with Crippen LogP contribution >= 0.6 is 0 Å². The van der Waals surface area contributed by atoms with Crippen LogP contribution < -0.4 is 4.57 Å². The summed E-state index contributed by atoms with van der Waals surface area (Å²) in [4.78, 5) is 21.6. The third-order valence-electron chi connectivity index (χ3n) is 4.70. The Balaban J connectivity index is 2.21. The topological polar surface area (TPSA) is 90.2 Å². The molecule has 0 bridgehead atoms. The van der Waals surface area contributed by atoms with Crippen molar-refractivity contribution in [3.05, 3.63) is 87.0 Å². The number of pyridine rings is 1. The summed E-state index contributed by atoms with van der Waals surface area (Å²) >= 11 is 0. The summed E-state index contributed by atoms with van der Waals surface area (Å²) in [5, 5.41) is 24.8. The molecule has 1 aromatic heterocycles. The van der Waals surface area contributed by atoms with Gasteiger partial charge in [-0.25, -0.2) is 0 Å². The monoisotopic (exact) mass is 360 g/mol. The van der Waals surface area contributed by atoms with E-state index in [0.717, 1.165) is 27.4 Å². The lowest BCUT2D eigenvalue weighted by molar-refractivity contribution is -0.632. The summed E-state index contributed by atoms with van der Waals surface area (Å²) in [5.74, 6) is 0. The van der Waals surface area contributed by atoms with Crippen molar-refractivity contribution in [1.29, 1.82) is 0 Å². The van der Waals surface area contributed by atoms with E-state index in [-0.39, 0.29) is 11.4 Å². The molecule has 0 aliphatic heterocycles. The Morgan fingerprint density at radius 1 is 0.741 bits per heavy atom. The number of benzene rings is 3. The zero-order chi connectivity index (χ0) is 19.1. The van der Waals surface area contributed by atoms with Crippen molar-refractivity contribution < 1.29 is 14.4 Å². The first-order valence-corrected chi connectivity index (χ1v) is 8.21. The second-order valence-electron chi connectivity index (χ2n) is 6.22. The minimum atomic E-state index is -0.429. The molecule has 3 aromatic carbocycles. The summed E-state index contributed by atoms with van der Waals surface area (Å²) in [6, 6.07) is 18.9. The fourth-order valence-electron chi connectivity index (χ4n) is 3.46. The van der Waals surface area contributed by atoms with E-state index < -0.39 is 9.85 Å². The summed E-state index contributed by atoms with van der Waals surface area (Å²) in [6.45, 7) is 0. The molecule has 4 aromatic rings. The van der Waals surface area contributed by atoms with Gasteiger partial charge in [-0.15, -0.1) is 0 Å². The first-order valence-electron chi connectivity index (χ1n) is 8.21. The first-order chi connectivity index (χ1) is 13.0. The van der Waals surface area contributed by atoms with E-state index >= 15 is 0 Å². The lowest BCUT2D eigenvalue weighted by atomic mass is 9.98. The summed E-state index contributed by atoms with van der Waals surface area (Å²) < 4.78 is 1.85. The Hall–Kier alpha value is -3.87. The molecular weight excluding hydrogens is 346 g/mol. The van der Waals surface area contributed by atoms with E-state index in [0.29, 0.717) is 5.52 Å². The summed E-state index contributed by atoms with van der Waals surface area (Å²) in [7, 11) is 1.81. The van der Waals surface area contributed by atoms with Gasteiger partial charge in [-0.1, -0.05) is 18.2 Å². The number of nitro groups is 2. The standard InChI is InChI=1S/C20H14N3O4/c1-21-19-12-15(23(26)27)8-10-17(19)16-9-7-14(22(24)25)11-18(16)20(21)13-5-3-2-4-6-13/h2-12H,1H3/q+1. The molecule has 27 heavy (non-hydrogen) atoms. The Labute approximate surface area is 153 Å². The summed E-state index contributed by atoms with van der Waals surface area (Å²) in [6.07, 6.45) is 0. The molecule has 4 rings (SSSR count). The molecule has 0 fully saturated rings. The zero-order valence-corrected chi connectivity index (χ0v) is 14.3. The second-order valence-corrected chi connectivity index (χ2v) is 6.22. The smallest absolute Gasteiger partial charge is 0.258 e. The Morgan fingerprint density at radius 3 is 1.96 bits per heavy atom. The van der Waals surface area contributed by atoms with E-state index in [4.69, 9.17) is 0 Å². The maximum Gasteiger partial charge on any atom is 0.276 e. The molecule has 0 saturated heterocycles. The lowest BCUT2D eigenvalue weighted by Gasteiger charge is -2.09. The highest BCUT2D eigenvalue weighted by Crippen LogP contribution is 2.34. The molecule has 0 N–H and O–H groups in total. The SMILES string of the molecule is C[n+]1c(-c2ccccc2)c2cc([N+](=O)[O-])ccc2c2ccc([N+](=O)[O-])cc21. The van der Waals surface area contributed by atoms with Crippen LogP contribution in [0, 0.1) is 20.2 Å². The molecule has 0 spiro atoms. The number of hydrogen-bond donors (Lipinski definition) is 0. The van der Waals surface area contributed by atoms with Crippen LogP contribution in [0.4, 0.5) is 11.4 Å². The molecule has 1 heterocycles. The van der Waals surface area contributed by atoms with Gasteiger partial charge in [0.2, 0.25) is 11.2 Å². The molecule has 0 saturated carbocycles. The van der Waals surface area contributed by atoms with Crippen molar-refractivity contribution in [2.75, 3.05) is 0 Å². The van der Waals surface area contributed by atoms with Crippen LogP contribution in [-0.2, 0) is 7.05 Å². The van der Waals surface area contributed by atoms with Gasteiger partial charge in [0.25, 0.3) is 11.4 Å². The molecule has 0 unspecified atom stereocenters. The van der Waals surface area contributed by atoms with Gasteiger partial charge in [-0.05, 0) is 24.3 Å². The number of aryl methyl sites for hydroxylation is 1. The number of nitro benzene ring substituents is 2. The second kappa shape index (κ2) is 6.14. The predicted molar refractivity (Wildman–Crippen MR) is 101 cm³/mol. The highest BCUT2D eigenvalue weighted by atomic mass is 16.6. The molecule has 7 nitrogen and oxygen atoms in total. The molecule has 7 heteroatoms. The van der Waals surface area contributed by atoms with Crippen molar-refractivity contribution in [1.82, 2.24) is 0 Å². The van der Waals surface area contributed by atoms with Crippen molar-refractivity contribution in [3.63, 3.8) is 0 Å². The summed E-state index contributed by atoms with van der Waals surface area (Å²) in [5.41, 5.74) is 2.32. The zero-order valence-electron chi connectivity index (χ0n) is 14.3. The average Bonchev–Trinajstić information content (AvgIpc) is 2.68. The van der Waals surface area contributed by atoms with Crippen LogP contribution in [-0.4, -0.2) is 9.85 Å². The van der Waals surface area contributed by atoms with Gasteiger partial charge < -0.3 is 0 Å². The van der Waals surface area contributed by atoms with Crippen LogP contribution in [0.3, 0.4) is 0 Å². The van der Waals surface area contributed by atoms with Crippen LogP contribution in [0.25, 0.3) is 32.9 Å². The number of nitrogens with zero attached hydrogens (tertiary/aromatic N) is 3. The quantitative estimate of drug-likeness (QED) is 0.236. The van der Waals surface area contributed by atoms with Crippen LogP contribution in [0.2, 0.25) is 0 Å². The van der Waals surface area contributed by atoms with Crippen LogP contribution in [0.15, 0.2) is 66.7 Å². The number of rotatable bonds is 3. The highest BCUT2D eigenvalue weighted by Gasteiger charge is 2.24. The lowest BCUT2D eigenvalue weighted by Crippen LogP contribution is -2.32. The van der Waals surface area contributed by atoms with Gasteiger partial charge in [0.05, 0.1) is 26.7 Å². The molecule has 132 valence electrons. The fourth-order valence-corrected chi connectivity index (χ4v) is 3.46. The van der Waals surface area contributed by atoms with Gasteiger partial charge >= 0.3 is 0 Å². The van der Waals surface area contributed by atoms with Crippen molar-refractivity contribution >= 4 is 33.1 Å². The van der Waals surface area contributed by atoms with Crippen LogP contribution in [0.1, 0.15) is 0 Å². The first kappa shape index (κ1) is 16.6. The highest BCUT2D eigenvalue weighted by molar-refractivity contribution is 6.09. The number of fused-ring (bicyclic) bond motifs is 3. The van der Waals surface area contributed by atoms with E-state index in [9.17, 15) is 20.2 Å². The fraction of sp³-hybridized carbons (Fsp3) is 0.0500. The third-order valence-corrected chi connectivity index (χ3v) is 4.70. The van der Waals surface area contributed by atoms with Gasteiger partial charge in [0.15, 0.2) is 0 Å². The van der Waals surface area contributed by atoms with Crippen molar-refractivity contribution in [2.45, 2.75) is 0 Å². The van der Waals surface area contributed by atoms with Crippen molar-refractivity contribution in [3.8, 4) is 11.3 Å². The molecule has 0 radical (unpaired) electrons. The van der Waals surface area contributed by atoms with E-state index in [1.54, 1.807) is 18.2 Å². The van der Waals surface area contributed by atoms with Gasteiger partial charge in [0.1, 0.15) is 7.05 Å². The Bertz CT molecular complexity index is 1240. The van der Waals surface area contributed by atoms with E-state index in [1.165, 1.54) is 18.2 Å². The molecule has 0 amide bonds. The minimum Gasteiger partial charge on any atom is -0.258 e. The largest absolute Gasteiger partial charge is 0.276 e. The van der Waals surface area contributed by atoms with Gasteiger partial charge in [-0.2, -0.15) is 4.57 Å². The Kier molecular flexibility index (Phi) is 3.77. The average molecular weight is 360 g/mol. The van der Waals surface area contributed by atoms with Crippen LogP contribution in [0.5, 0.6) is 0 Å². The molecule has 0 atom stereocenters. The van der Waals surface area contributed by atoms with Gasteiger partial charge in [-0.3, -0.25) is 20.2 Å². The predicted octanol–water partition coefficient (Wildman–Crippen LogP) is 4.30. The molecular formula is C20H14N3O4+. The normalized spacial score (nSPS) is 11.0. The maximum atomic E-state index is 11.3. The number of aromatic nitrogens is 1.